The van der Waals surface area contributed by atoms with Gasteiger partial charge in [0.2, 0.25) is 0 Å². The van der Waals surface area contributed by atoms with Gasteiger partial charge in [0.05, 0.1) is 18.4 Å². The van der Waals surface area contributed by atoms with Crippen LogP contribution in [0.1, 0.15) is 19.4 Å². The first-order valence-corrected chi connectivity index (χ1v) is 7.36. The number of nitrogens with one attached hydrogen (secondary N) is 1. The second-order valence-corrected chi connectivity index (χ2v) is 5.39. The van der Waals surface area contributed by atoms with Crippen molar-refractivity contribution in [3.05, 3.63) is 23.8 Å². The third kappa shape index (κ3) is 6.32. The molecule has 0 aliphatic rings. The summed E-state index contributed by atoms with van der Waals surface area (Å²) in [6.45, 7) is 5.97. The molecule has 124 valence electrons. The van der Waals surface area contributed by atoms with Gasteiger partial charge in [-0.2, -0.15) is 0 Å². The zero-order valence-electron chi connectivity index (χ0n) is 13.8. The van der Waals surface area contributed by atoms with Crippen molar-refractivity contribution in [3.8, 4) is 5.75 Å². The third-order valence-electron chi connectivity index (χ3n) is 2.98. The molecule has 0 aliphatic heterocycles. The average molecular weight is 310 g/mol. The number of nitrogens with zero attached hydrogens (tertiary/aromatic N) is 1. The zero-order valence-corrected chi connectivity index (χ0v) is 13.8. The maximum absolute atomic E-state index is 10.9. The lowest BCUT2D eigenvalue weighted by Crippen LogP contribution is -2.26. The van der Waals surface area contributed by atoms with E-state index in [4.69, 9.17) is 14.6 Å². The molecule has 0 aromatic heterocycles. The minimum Gasteiger partial charge on any atom is -0.489 e. The molecule has 0 radical (unpaired) electrons. The van der Waals surface area contributed by atoms with E-state index in [0.29, 0.717) is 18.9 Å². The van der Waals surface area contributed by atoms with E-state index in [1.807, 2.05) is 32.0 Å². The topological polar surface area (TPSA) is 71.0 Å². The summed E-state index contributed by atoms with van der Waals surface area (Å²) in [5, 5.41) is 12.2. The number of ether oxygens (including phenoxy) is 2. The van der Waals surface area contributed by atoms with Crippen LogP contribution in [0.15, 0.2) is 18.2 Å². The van der Waals surface area contributed by atoms with Crippen molar-refractivity contribution in [2.45, 2.75) is 26.5 Å². The maximum atomic E-state index is 10.9. The van der Waals surface area contributed by atoms with Crippen molar-refractivity contribution in [3.63, 3.8) is 0 Å². The molecule has 1 rings (SSSR count). The summed E-state index contributed by atoms with van der Waals surface area (Å²) >= 11 is 0. The molecule has 1 aromatic rings. The molecule has 0 atom stereocenters. The Morgan fingerprint density at radius 2 is 2.14 bits per heavy atom. The number of anilines is 1. The number of carboxylic acids is 1. The molecule has 6 heteroatoms. The van der Waals surface area contributed by atoms with Crippen LogP contribution in [0, 0.1) is 0 Å². The highest BCUT2D eigenvalue weighted by atomic mass is 16.5. The van der Waals surface area contributed by atoms with Gasteiger partial charge in [-0.05, 0) is 31.5 Å². The van der Waals surface area contributed by atoms with Gasteiger partial charge in [-0.1, -0.05) is 6.07 Å². The Morgan fingerprint density at radius 1 is 1.41 bits per heavy atom. The van der Waals surface area contributed by atoms with Crippen LogP contribution >= 0.6 is 0 Å². The van der Waals surface area contributed by atoms with Crippen LogP contribution in [0.5, 0.6) is 5.75 Å². The van der Waals surface area contributed by atoms with Crippen LogP contribution in [0.4, 0.5) is 5.69 Å². The van der Waals surface area contributed by atoms with E-state index in [0.717, 1.165) is 17.8 Å². The first-order chi connectivity index (χ1) is 10.4. The van der Waals surface area contributed by atoms with E-state index in [-0.39, 0.29) is 12.6 Å². The molecule has 0 saturated heterocycles. The first kappa shape index (κ1) is 18.3. The van der Waals surface area contributed by atoms with Crippen molar-refractivity contribution >= 4 is 11.7 Å². The predicted molar refractivity (Wildman–Crippen MR) is 86.7 cm³/mol. The van der Waals surface area contributed by atoms with Gasteiger partial charge >= 0.3 is 5.97 Å². The van der Waals surface area contributed by atoms with Gasteiger partial charge in [0.25, 0.3) is 0 Å². The molecular formula is C16H26N2O4. The Kier molecular flexibility index (Phi) is 7.70. The molecule has 0 unspecified atom stereocenters. The van der Waals surface area contributed by atoms with Crippen molar-refractivity contribution in [1.29, 1.82) is 0 Å². The van der Waals surface area contributed by atoms with Crippen LogP contribution in [0.25, 0.3) is 0 Å². The predicted octanol–water partition coefficient (Wildman–Crippen LogP) is 1.73. The van der Waals surface area contributed by atoms with E-state index >= 15 is 0 Å². The third-order valence-corrected chi connectivity index (χ3v) is 2.98. The molecule has 0 amide bonds. The smallest absolute Gasteiger partial charge is 0.323 e. The minimum absolute atomic E-state index is 0.0219. The molecule has 0 spiro atoms. The number of rotatable bonds is 10. The highest BCUT2D eigenvalue weighted by Crippen LogP contribution is 2.29. The van der Waals surface area contributed by atoms with Crippen LogP contribution in [-0.4, -0.2) is 51.0 Å². The summed E-state index contributed by atoms with van der Waals surface area (Å²) < 4.78 is 10.8. The second-order valence-electron chi connectivity index (χ2n) is 5.39. The highest BCUT2D eigenvalue weighted by Gasteiger charge is 2.13. The summed E-state index contributed by atoms with van der Waals surface area (Å²) in [6.07, 6.45) is 0.0219. The van der Waals surface area contributed by atoms with Crippen LogP contribution in [0.2, 0.25) is 0 Å². The van der Waals surface area contributed by atoms with Crippen molar-refractivity contribution in [2.75, 3.05) is 38.8 Å². The molecule has 6 nitrogen and oxygen atoms in total. The van der Waals surface area contributed by atoms with Crippen LogP contribution in [-0.2, 0) is 16.1 Å². The number of likely N-dealkylation sites (N-methyl/N-ethyl adjacent to an activating group) is 1. The normalized spacial score (nSPS) is 10.8. The highest BCUT2D eigenvalue weighted by molar-refractivity contribution is 5.75. The fraction of sp³-hybridized carbons (Fsp3) is 0.562. The van der Waals surface area contributed by atoms with Gasteiger partial charge in [-0.3, -0.25) is 4.79 Å². The number of aliphatic carboxylic acids is 1. The molecule has 0 bridgehead atoms. The van der Waals surface area contributed by atoms with Gasteiger partial charge in [0, 0.05) is 27.2 Å². The molecule has 0 aliphatic carbocycles. The average Bonchev–Trinajstić information content (AvgIpc) is 2.42. The Hall–Kier alpha value is -1.79. The van der Waals surface area contributed by atoms with Crippen LogP contribution in [0.3, 0.4) is 0 Å². The molecule has 2 N–H and O–H groups in total. The van der Waals surface area contributed by atoms with Crippen molar-refractivity contribution < 1.29 is 19.4 Å². The molecule has 0 saturated carbocycles. The summed E-state index contributed by atoms with van der Waals surface area (Å²) in [7, 11) is 3.41. The monoisotopic (exact) mass is 310 g/mol. The summed E-state index contributed by atoms with van der Waals surface area (Å²) in [6, 6.07) is 5.82. The summed E-state index contributed by atoms with van der Waals surface area (Å²) in [5.74, 6) is -0.173. The molecule has 1 aromatic carbocycles. The lowest BCUT2D eigenvalue weighted by Gasteiger charge is -2.22. The number of benzene rings is 1. The van der Waals surface area contributed by atoms with Gasteiger partial charge in [0.15, 0.2) is 0 Å². The van der Waals surface area contributed by atoms with Gasteiger partial charge in [-0.25, -0.2) is 0 Å². The number of carboxylic acid groups (broad SMARTS) is 1. The molecule has 0 fully saturated rings. The fourth-order valence-electron chi connectivity index (χ4n) is 2.03. The SMILES string of the molecule is COCCNCc1ccc(N(C)CC(=O)O)c(OC(C)C)c1. The minimum atomic E-state index is -0.872. The van der Waals surface area contributed by atoms with Crippen LogP contribution < -0.4 is 15.0 Å². The number of hydrogen-bond donors (Lipinski definition) is 2. The Bertz CT molecular complexity index is 477. The number of methoxy groups -OCH3 is 1. The fourth-order valence-corrected chi connectivity index (χ4v) is 2.03. The van der Waals surface area contributed by atoms with E-state index in [1.54, 1.807) is 19.1 Å². The zero-order chi connectivity index (χ0) is 16.5. The van der Waals surface area contributed by atoms with Gasteiger partial charge in [-0.15, -0.1) is 0 Å². The largest absolute Gasteiger partial charge is 0.489 e. The van der Waals surface area contributed by atoms with Gasteiger partial charge < -0.3 is 24.8 Å². The number of hydrogen-bond acceptors (Lipinski definition) is 5. The van der Waals surface area contributed by atoms with Crippen molar-refractivity contribution in [1.82, 2.24) is 5.32 Å². The first-order valence-electron chi connectivity index (χ1n) is 7.36. The van der Waals surface area contributed by atoms with E-state index in [9.17, 15) is 4.79 Å². The molecular weight excluding hydrogens is 284 g/mol. The number of carbonyl (C=O) groups is 1. The summed E-state index contributed by atoms with van der Waals surface area (Å²) in [4.78, 5) is 12.6. The Balaban J connectivity index is 2.85. The lowest BCUT2D eigenvalue weighted by molar-refractivity contribution is -0.135. The van der Waals surface area contributed by atoms with Gasteiger partial charge in [0.1, 0.15) is 12.3 Å². The maximum Gasteiger partial charge on any atom is 0.323 e. The lowest BCUT2D eigenvalue weighted by atomic mass is 10.1. The molecule has 22 heavy (non-hydrogen) atoms. The van der Waals surface area contributed by atoms with E-state index < -0.39 is 5.97 Å². The quantitative estimate of drug-likeness (QED) is 0.641. The standard InChI is InChI=1S/C16H26N2O4/c1-12(2)22-15-9-13(10-17-7-8-21-4)5-6-14(15)18(3)11-16(19)20/h5-6,9,12,17H,7-8,10-11H2,1-4H3,(H,19,20). The van der Waals surface area contributed by atoms with E-state index in [1.165, 1.54) is 0 Å². The Morgan fingerprint density at radius 3 is 2.73 bits per heavy atom. The van der Waals surface area contributed by atoms with E-state index in [2.05, 4.69) is 5.32 Å². The molecule has 0 heterocycles. The summed E-state index contributed by atoms with van der Waals surface area (Å²) in [5.41, 5.74) is 1.86. The second kappa shape index (κ2) is 9.27. The van der Waals surface area contributed by atoms with Crippen molar-refractivity contribution in [2.24, 2.45) is 0 Å². The Labute approximate surface area is 132 Å².